The predicted octanol–water partition coefficient (Wildman–Crippen LogP) is 0.433. The molecule has 1 unspecified atom stereocenters. The van der Waals surface area contributed by atoms with E-state index in [2.05, 4.69) is 31.5 Å². The molecule has 360 valence electrons. The van der Waals surface area contributed by atoms with Crippen molar-refractivity contribution in [1.29, 1.82) is 0 Å². The second-order valence-electron chi connectivity index (χ2n) is 15.8. The van der Waals surface area contributed by atoms with Gasteiger partial charge in [0.15, 0.2) is 0 Å². The Morgan fingerprint density at radius 1 is 0.524 bits per heavy atom. The Morgan fingerprint density at radius 2 is 1.03 bits per heavy atom. The van der Waals surface area contributed by atoms with Gasteiger partial charge in [-0.2, -0.15) is 0 Å². The number of nitrogens with zero attached hydrogens (tertiary/aromatic N) is 3. The lowest BCUT2D eigenvalue weighted by Gasteiger charge is -2.24. The van der Waals surface area contributed by atoms with Gasteiger partial charge in [-0.1, -0.05) is 26.2 Å². The number of carboxylic acids is 4. The molecule has 0 bridgehead atoms. The number of hydrogen-bond acceptors (Lipinski definition) is 13. The van der Waals surface area contributed by atoms with E-state index in [1.807, 2.05) is 23.8 Å². The summed E-state index contributed by atoms with van der Waals surface area (Å²) in [5.41, 5.74) is 0. The van der Waals surface area contributed by atoms with Crippen molar-refractivity contribution in [2.75, 3.05) is 79.1 Å². The molecule has 0 radical (unpaired) electrons. The number of carbonyl (C=O) groups excluding carboxylic acids is 5. The molecule has 1 aliphatic rings. The molecular formula is C41H72N8O14. The molecule has 0 aromatic rings. The largest absolute Gasteiger partial charge is 0.481 e. The first-order valence-electron chi connectivity index (χ1n) is 22.1. The maximum atomic E-state index is 12.8. The number of esters is 1. The quantitative estimate of drug-likeness (QED) is 0.0319. The maximum absolute atomic E-state index is 12.8. The highest BCUT2D eigenvalue weighted by atomic mass is 16.5. The number of likely N-dealkylation sites (N-methyl/N-ethyl adjacent to an activating group) is 1. The topological polar surface area (TPSA) is 314 Å². The molecule has 22 heteroatoms. The van der Waals surface area contributed by atoms with Gasteiger partial charge in [0.05, 0.1) is 19.7 Å². The van der Waals surface area contributed by atoms with Gasteiger partial charge in [-0.3, -0.25) is 33.8 Å². The van der Waals surface area contributed by atoms with Crippen LogP contribution in [0, 0.1) is 0 Å². The van der Waals surface area contributed by atoms with Gasteiger partial charge in [-0.05, 0) is 71.3 Å². The molecule has 0 aromatic carbocycles. The molecular weight excluding hydrogens is 828 g/mol. The van der Waals surface area contributed by atoms with Gasteiger partial charge in [0.25, 0.3) is 0 Å². The van der Waals surface area contributed by atoms with Crippen molar-refractivity contribution < 1.29 is 68.3 Å². The van der Waals surface area contributed by atoms with Gasteiger partial charge < -0.3 is 56.6 Å². The number of ether oxygens (including phenoxy) is 1. The molecule has 1 saturated heterocycles. The Morgan fingerprint density at radius 3 is 1.57 bits per heavy atom. The van der Waals surface area contributed by atoms with Gasteiger partial charge in [0.2, 0.25) is 17.7 Å². The number of hydrogen-bond donors (Lipinski definition) is 9. The molecule has 22 nitrogen and oxygen atoms in total. The number of urea groups is 1. The Kier molecular flexibility index (Phi) is 29.7. The van der Waals surface area contributed by atoms with E-state index in [4.69, 9.17) is 9.84 Å². The molecule has 1 fully saturated rings. The summed E-state index contributed by atoms with van der Waals surface area (Å²) in [5, 5.41) is 49.3. The fraction of sp³-hybridized carbons (Fsp3) is 0.780. The number of rotatable bonds is 33. The number of unbranched alkanes of at least 4 members (excludes halogenated alkanes) is 6. The van der Waals surface area contributed by atoms with E-state index in [1.165, 1.54) is 0 Å². The van der Waals surface area contributed by atoms with Gasteiger partial charge in [0, 0.05) is 71.6 Å². The zero-order valence-electron chi connectivity index (χ0n) is 37.0. The Bertz CT molecular complexity index is 1450. The normalized spacial score (nSPS) is 15.3. The van der Waals surface area contributed by atoms with Crippen LogP contribution < -0.4 is 26.6 Å². The lowest BCUT2D eigenvalue weighted by molar-refractivity contribution is -0.148. The fourth-order valence-corrected chi connectivity index (χ4v) is 6.50. The van der Waals surface area contributed by atoms with E-state index in [0.29, 0.717) is 96.9 Å². The lowest BCUT2D eigenvalue weighted by atomic mass is 10.1. The second kappa shape index (κ2) is 33.5. The average Bonchev–Trinajstić information content (AvgIpc) is 3.29. The van der Waals surface area contributed by atoms with Crippen LogP contribution in [0.3, 0.4) is 0 Å². The first-order valence-corrected chi connectivity index (χ1v) is 22.1. The summed E-state index contributed by atoms with van der Waals surface area (Å²) in [6.07, 6.45) is 5.90. The number of amides is 5. The van der Waals surface area contributed by atoms with E-state index >= 15 is 0 Å². The molecule has 0 spiro atoms. The second-order valence-corrected chi connectivity index (χ2v) is 15.8. The highest BCUT2D eigenvalue weighted by molar-refractivity contribution is 5.86. The Hall–Kier alpha value is -5.09. The minimum atomic E-state index is -1.50. The van der Waals surface area contributed by atoms with Crippen LogP contribution in [0.25, 0.3) is 0 Å². The zero-order chi connectivity index (χ0) is 47.0. The van der Waals surface area contributed by atoms with E-state index in [9.17, 15) is 58.5 Å². The van der Waals surface area contributed by atoms with E-state index < -0.39 is 60.4 Å². The van der Waals surface area contributed by atoms with Gasteiger partial charge in [-0.25, -0.2) is 19.2 Å². The third-order valence-corrected chi connectivity index (χ3v) is 10.3. The highest BCUT2D eigenvalue weighted by Crippen LogP contribution is 2.09. The number of carboxylic acid groups (broad SMARTS) is 4. The summed E-state index contributed by atoms with van der Waals surface area (Å²) in [5.74, 6) is -6.02. The lowest BCUT2D eigenvalue weighted by Crippen LogP contribution is -2.51. The summed E-state index contributed by atoms with van der Waals surface area (Å²) >= 11 is 0. The fourth-order valence-electron chi connectivity index (χ4n) is 6.50. The molecule has 5 amide bonds. The molecule has 9 N–H and O–H groups in total. The third-order valence-electron chi connectivity index (χ3n) is 10.3. The molecule has 0 aromatic heterocycles. The van der Waals surface area contributed by atoms with E-state index in [1.54, 1.807) is 0 Å². The minimum absolute atomic E-state index is 0.0121. The van der Waals surface area contributed by atoms with Crippen LogP contribution in [-0.4, -0.2) is 186 Å². The van der Waals surface area contributed by atoms with Crippen LogP contribution in [-0.2, 0) is 43.1 Å². The van der Waals surface area contributed by atoms with Crippen LogP contribution in [0.4, 0.5) is 4.79 Å². The molecule has 0 saturated carbocycles. The summed E-state index contributed by atoms with van der Waals surface area (Å²) in [7, 11) is 1.97. The Balaban J connectivity index is 2.35. The Labute approximate surface area is 369 Å². The third kappa shape index (κ3) is 29.0. The predicted molar refractivity (Wildman–Crippen MR) is 229 cm³/mol. The van der Waals surface area contributed by atoms with Crippen molar-refractivity contribution >= 4 is 53.6 Å². The van der Waals surface area contributed by atoms with E-state index in [-0.39, 0.29) is 69.6 Å². The monoisotopic (exact) mass is 901 g/mol. The summed E-state index contributed by atoms with van der Waals surface area (Å²) < 4.78 is 5.40. The van der Waals surface area contributed by atoms with Crippen LogP contribution in [0.15, 0.2) is 0 Å². The molecule has 3 atom stereocenters. The van der Waals surface area contributed by atoms with Gasteiger partial charge in [0.1, 0.15) is 18.1 Å². The summed E-state index contributed by atoms with van der Waals surface area (Å²) in [6, 6.07) is -4.70. The first kappa shape index (κ1) is 55.9. The number of aliphatic carboxylic acids is 4. The van der Waals surface area contributed by atoms with Crippen molar-refractivity contribution in [3.8, 4) is 0 Å². The summed E-state index contributed by atoms with van der Waals surface area (Å²) in [6.45, 7) is 7.00. The van der Waals surface area contributed by atoms with Crippen molar-refractivity contribution in [2.24, 2.45) is 0 Å². The number of carbonyl (C=O) groups is 9. The highest BCUT2D eigenvalue weighted by Gasteiger charge is 2.25. The number of nitrogens with one attached hydrogen (secondary N) is 5. The van der Waals surface area contributed by atoms with Crippen molar-refractivity contribution in [3.05, 3.63) is 0 Å². The van der Waals surface area contributed by atoms with Crippen LogP contribution in [0.1, 0.15) is 110 Å². The molecule has 1 aliphatic heterocycles. The van der Waals surface area contributed by atoms with Crippen molar-refractivity contribution in [3.63, 3.8) is 0 Å². The molecule has 63 heavy (non-hydrogen) atoms. The molecule has 1 rings (SSSR count). The van der Waals surface area contributed by atoms with Crippen LogP contribution >= 0.6 is 0 Å². The van der Waals surface area contributed by atoms with Crippen LogP contribution in [0.2, 0.25) is 0 Å². The average molecular weight is 901 g/mol. The first-order chi connectivity index (χ1) is 30.0. The van der Waals surface area contributed by atoms with Crippen LogP contribution in [0.5, 0.6) is 0 Å². The van der Waals surface area contributed by atoms with Crippen molar-refractivity contribution in [2.45, 2.75) is 128 Å². The zero-order valence-corrected chi connectivity index (χ0v) is 37.0. The van der Waals surface area contributed by atoms with Crippen molar-refractivity contribution in [1.82, 2.24) is 41.3 Å². The summed E-state index contributed by atoms with van der Waals surface area (Å²) in [4.78, 5) is 114. The molecule has 1 heterocycles. The van der Waals surface area contributed by atoms with Gasteiger partial charge >= 0.3 is 35.9 Å². The standard InChI is InChI=1S/C41H72N8O14/c1-3-4-27-63-40(61)32(14-10-12-20-43-35(52)28-48-23-21-47(2)22-24-49(26-25-48)29-37(55)56)44-34(51)16-8-6-5-7-15-33(50)42-19-11-9-13-30(38(57)58)45-41(62)46-31(39(59)60)17-18-36(53)54/h30-32H,3-29H2,1-2H3,(H,42,50)(H,43,52)(H,44,51)(H,53,54)(H,55,56)(H,57,58)(H,59,60)(H2,45,46,62)/t30-,31-,32?/m0/s1. The SMILES string of the molecule is CCCCOC(=O)C(CCCCNC(=O)CN1CCN(C)CCN(CC(=O)O)CC1)NC(=O)CCCCCCC(=O)NCCCC[C@H](NC(=O)N[C@@H](CCC(=O)O)C(=O)O)C(=O)O. The van der Waals surface area contributed by atoms with E-state index in [0.717, 1.165) is 19.5 Å². The molecule has 0 aliphatic carbocycles. The van der Waals surface area contributed by atoms with Gasteiger partial charge in [-0.15, -0.1) is 0 Å². The maximum Gasteiger partial charge on any atom is 0.328 e. The minimum Gasteiger partial charge on any atom is -0.481 e. The smallest absolute Gasteiger partial charge is 0.328 e.